The van der Waals surface area contributed by atoms with Gasteiger partial charge in [-0.1, -0.05) is 29.0 Å². The Morgan fingerprint density at radius 3 is 2.79 bits per heavy atom. The van der Waals surface area contributed by atoms with Crippen molar-refractivity contribution >= 4 is 34.7 Å². The van der Waals surface area contributed by atoms with Crippen LogP contribution in [0.5, 0.6) is 0 Å². The van der Waals surface area contributed by atoms with E-state index in [9.17, 15) is 4.79 Å². The fraction of sp³-hybridized carbons (Fsp3) is 0.118. The molecule has 1 aliphatic heterocycles. The third-order valence-corrected chi connectivity index (χ3v) is 5.05. The molecule has 4 rings (SSSR count). The summed E-state index contributed by atoms with van der Waals surface area (Å²) in [5.74, 6) is 0. The Morgan fingerprint density at radius 2 is 2.04 bits per heavy atom. The van der Waals surface area contributed by atoms with Gasteiger partial charge in [-0.2, -0.15) is 0 Å². The molecule has 2 aromatic heterocycles. The molecule has 0 atom stereocenters. The van der Waals surface area contributed by atoms with Crippen LogP contribution >= 0.6 is 22.9 Å². The molecule has 0 amide bonds. The lowest BCUT2D eigenvalue weighted by Gasteiger charge is -2.25. The zero-order valence-electron chi connectivity index (χ0n) is 12.6. The Hall–Kier alpha value is -2.44. The molecule has 0 spiro atoms. The zero-order valence-corrected chi connectivity index (χ0v) is 14.2. The third kappa shape index (κ3) is 2.86. The van der Waals surface area contributed by atoms with Crippen LogP contribution in [0.2, 0.25) is 5.02 Å². The van der Waals surface area contributed by atoms with E-state index in [4.69, 9.17) is 11.6 Å². The van der Waals surface area contributed by atoms with Crippen molar-refractivity contribution in [2.45, 2.75) is 6.67 Å². The first-order chi connectivity index (χ1) is 11.7. The van der Waals surface area contributed by atoms with Crippen LogP contribution in [-0.2, 0) is 6.67 Å². The molecule has 24 heavy (non-hydrogen) atoms. The molecule has 3 heterocycles. The maximum atomic E-state index is 12.7. The first-order valence-electron chi connectivity index (χ1n) is 7.37. The van der Waals surface area contributed by atoms with Crippen molar-refractivity contribution in [3.8, 4) is 0 Å². The van der Waals surface area contributed by atoms with E-state index >= 15 is 0 Å². The summed E-state index contributed by atoms with van der Waals surface area (Å²) in [6.07, 6.45) is 5.30. The number of fused-ring (bicyclic) bond motifs is 1. The van der Waals surface area contributed by atoms with E-state index in [0.717, 1.165) is 16.1 Å². The molecule has 1 aliphatic rings. The highest BCUT2D eigenvalue weighted by molar-refractivity contribution is 7.07. The molecule has 7 heteroatoms. The number of hydrogen-bond donors (Lipinski definition) is 0. The van der Waals surface area contributed by atoms with Gasteiger partial charge in [-0.15, -0.1) is 0 Å². The lowest BCUT2D eigenvalue weighted by Crippen LogP contribution is -2.42. The molecule has 1 aromatic carbocycles. The monoisotopic (exact) mass is 356 g/mol. The zero-order chi connectivity index (χ0) is 16.5. The van der Waals surface area contributed by atoms with Gasteiger partial charge >= 0.3 is 0 Å². The van der Waals surface area contributed by atoms with E-state index in [-0.39, 0.29) is 5.56 Å². The lowest BCUT2D eigenvalue weighted by atomic mass is 10.3. The number of nitrogens with zero attached hydrogens (tertiary/aromatic N) is 4. The second-order valence-corrected chi connectivity index (χ2v) is 6.82. The largest absolute Gasteiger partial charge is 0.334 e. The number of thiazole rings is 1. The third-order valence-electron chi connectivity index (χ3n) is 3.75. The van der Waals surface area contributed by atoms with E-state index in [1.165, 1.54) is 11.3 Å². The van der Waals surface area contributed by atoms with Gasteiger partial charge in [0.15, 0.2) is 4.80 Å². The molecule has 0 unspecified atom stereocenters. The molecular formula is C17H13ClN4OS. The van der Waals surface area contributed by atoms with Crippen LogP contribution in [-0.4, -0.2) is 16.2 Å². The van der Waals surface area contributed by atoms with Gasteiger partial charge in [0.1, 0.15) is 13.3 Å². The van der Waals surface area contributed by atoms with E-state index in [1.807, 2.05) is 47.4 Å². The molecule has 0 aliphatic carbocycles. The van der Waals surface area contributed by atoms with Crippen LogP contribution in [0, 0.1) is 0 Å². The number of anilines is 1. The van der Waals surface area contributed by atoms with Crippen molar-refractivity contribution in [3.05, 3.63) is 79.1 Å². The molecule has 0 N–H and O–H groups in total. The Bertz CT molecular complexity index is 1040. The topological polar surface area (TPSA) is 50.5 Å². The SMILES string of the molecule is O=c1/c(=C/c2cccnc2)sc2n1CN(c1ccc(Cl)cc1)CN=2. The standard InChI is InChI=1S/C17H13ClN4OS/c18-13-3-5-14(6-4-13)21-10-20-17-22(11-21)16(23)15(24-17)8-12-2-1-7-19-9-12/h1-9H,10-11H2/b15-8-. The predicted octanol–water partition coefficient (Wildman–Crippen LogP) is 1.84. The van der Waals surface area contributed by atoms with Crippen molar-refractivity contribution in [1.29, 1.82) is 0 Å². The van der Waals surface area contributed by atoms with Crippen molar-refractivity contribution in [2.24, 2.45) is 4.99 Å². The van der Waals surface area contributed by atoms with Crippen LogP contribution in [0.1, 0.15) is 5.56 Å². The van der Waals surface area contributed by atoms with Gasteiger partial charge in [-0.25, -0.2) is 4.99 Å². The van der Waals surface area contributed by atoms with Crippen LogP contribution in [0.3, 0.4) is 0 Å². The summed E-state index contributed by atoms with van der Waals surface area (Å²) >= 11 is 7.34. The molecule has 0 radical (unpaired) electrons. The number of rotatable bonds is 2. The number of benzene rings is 1. The summed E-state index contributed by atoms with van der Waals surface area (Å²) in [7, 11) is 0. The number of halogens is 1. The Balaban J connectivity index is 1.71. The van der Waals surface area contributed by atoms with Crippen molar-refractivity contribution < 1.29 is 0 Å². The Labute approximate surface area is 146 Å². The van der Waals surface area contributed by atoms with Crippen molar-refractivity contribution in [1.82, 2.24) is 9.55 Å². The highest BCUT2D eigenvalue weighted by Gasteiger charge is 2.15. The molecule has 0 saturated carbocycles. The molecular weight excluding hydrogens is 344 g/mol. The average molecular weight is 357 g/mol. The van der Waals surface area contributed by atoms with Gasteiger partial charge in [-0.3, -0.25) is 14.3 Å². The molecule has 5 nitrogen and oxygen atoms in total. The number of hydrogen-bond acceptors (Lipinski definition) is 5. The second-order valence-electron chi connectivity index (χ2n) is 5.37. The van der Waals surface area contributed by atoms with Gasteiger partial charge in [0.25, 0.3) is 5.56 Å². The summed E-state index contributed by atoms with van der Waals surface area (Å²) in [4.78, 5) is 24.1. The molecule has 0 bridgehead atoms. The minimum absolute atomic E-state index is 0.0266. The average Bonchev–Trinajstić information content (AvgIpc) is 2.92. The molecule has 0 fully saturated rings. The van der Waals surface area contributed by atoms with E-state index < -0.39 is 0 Å². The van der Waals surface area contributed by atoms with Crippen molar-refractivity contribution in [3.63, 3.8) is 0 Å². The van der Waals surface area contributed by atoms with Crippen LogP contribution in [0.25, 0.3) is 6.08 Å². The number of aromatic nitrogens is 2. The van der Waals surface area contributed by atoms with Gasteiger partial charge in [0.05, 0.1) is 4.53 Å². The fourth-order valence-electron chi connectivity index (χ4n) is 2.54. The molecule has 0 saturated heterocycles. The lowest BCUT2D eigenvalue weighted by molar-refractivity contribution is 0.569. The molecule has 120 valence electrons. The predicted molar refractivity (Wildman–Crippen MR) is 96.0 cm³/mol. The fourth-order valence-corrected chi connectivity index (χ4v) is 3.63. The minimum Gasteiger partial charge on any atom is -0.334 e. The van der Waals surface area contributed by atoms with Gasteiger partial charge < -0.3 is 4.90 Å². The quantitative estimate of drug-likeness (QED) is 0.704. The normalized spacial score (nSPS) is 14.4. The van der Waals surface area contributed by atoms with Crippen LogP contribution < -0.4 is 19.8 Å². The smallest absolute Gasteiger partial charge is 0.271 e. The first-order valence-corrected chi connectivity index (χ1v) is 8.56. The Kier molecular flexibility index (Phi) is 3.92. The molecule has 3 aromatic rings. The van der Waals surface area contributed by atoms with Gasteiger partial charge in [-0.05, 0) is 42.0 Å². The summed E-state index contributed by atoms with van der Waals surface area (Å²) in [5.41, 5.74) is 1.87. The van der Waals surface area contributed by atoms with Crippen LogP contribution in [0.4, 0.5) is 5.69 Å². The second kappa shape index (κ2) is 6.22. The van der Waals surface area contributed by atoms with Gasteiger partial charge in [0, 0.05) is 23.1 Å². The van der Waals surface area contributed by atoms with E-state index in [1.54, 1.807) is 17.0 Å². The van der Waals surface area contributed by atoms with E-state index in [2.05, 4.69) is 9.98 Å². The maximum absolute atomic E-state index is 12.7. The summed E-state index contributed by atoms with van der Waals surface area (Å²) < 4.78 is 2.37. The first kappa shape index (κ1) is 15.1. The van der Waals surface area contributed by atoms with Crippen LogP contribution in [0.15, 0.2) is 58.6 Å². The highest BCUT2D eigenvalue weighted by atomic mass is 35.5. The summed E-state index contributed by atoms with van der Waals surface area (Å²) in [6, 6.07) is 11.3. The minimum atomic E-state index is -0.0266. The van der Waals surface area contributed by atoms with E-state index in [0.29, 0.717) is 22.9 Å². The highest BCUT2D eigenvalue weighted by Crippen LogP contribution is 2.18. The van der Waals surface area contributed by atoms with Gasteiger partial charge in [0.2, 0.25) is 0 Å². The van der Waals surface area contributed by atoms with Crippen molar-refractivity contribution in [2.75, 3.05) is 11.6 Å². The number of pyridine rings is 1. The summed E-state index contributed by atoms with van der Waals surface area (Å²) in [6.45, 7) is 1.00. The maximum Gasteiger partial charge on any atom is 0.271 e. The Morgan fingerprint density at radius 1 is 1.21 bits per heavy atom. The summed E-state index contributed by atoms with van der Waals surface area (Å²) in [5, 5.41) is 0.689.